The highest BCUT2D eigenvalue weighted by Gasteiger charge is 2.16. The SMILES string of the molecule is CCC(CC)C(=O)Nc1cnn(CC)c1C. The van der Waals surface area contributed by atoms with Crippen LogP contribution in [0.25, 0.3) is 0 Å². The Hall–Kier alpha value is -1.32. The van der Waals surface area contributed by atoms with Gasteiger partial charge in [-0.25, -0.2) is 0 Å². The summed E-state index contributed by atoms with van der Waals surface area (Å²) in [5, 5.41) is 7.14. The normalized spacial score (nSPS) is 10.8. The molecule has 0 atom stereocenters. The average Bonchev–Trinajstić information content (AvgIpc) is 2.62. The molecule has 1 aromatic rings. The predicted octanol–water partition coefficient (Wildman–Crippen LogP) is 2.59. The van der Waals surface area contributed by atoms with Gasteiger partial charge in [0.2, 0.25) is 5.91 Å². The van der Waals surface area contributed by atoms with E-state index >= 15 is 0 Å². The highest BCUT2D eigenvalue weighted by molar-refractivity contribution is 5.92. The molecule has 4 nitrogen and oxygen atoms in total. The molecule has 0 aromatic carbocycles. The number of aromatic nitrogens is 2. The van der Waals surface area contributed by atoms with Gasteiger partial charge < -0.3 is 5.32 Å². The van der Waals surface area contributed by atoms with E-state index in [1.165, 1.54) is 0 Å². The van der Waals surface area contributed by atoms with E-state index in [4.69, 9.17) is 0 Å². The number of hydrogen-bond acceptors (Lipinski definition) is 2. The Labute approximate surface area is 97.0 Å². The van der Waals surface area contributed by atoms with Gasteiger partial charge in [-0.2, -0.15) is 5.10 Å². The van der Waals surface area contributed by atoms with E-state index in [1.54, 1.807) is 6.20 Å². The third-order valence-electron chi connectivity index (χ3n) is 3.02. The van der Waals surface area contributed by atoms with Crippen LogP contribution in [0.3, 0.4) is 0 Å². The first-order valence-corrected chi connectivity index (χ1v) is 5.97. The number of nitrogens with zero attached hydrogens (tertiary/aromatic N) is 2. The maximum atomic E-state index is 11.9. The zero-order valence-corrected chi connectivity index (χ0v) is 10.6. The van der Waals surface area contributed by atoms with Crippen LogP contribution in [0.1, 0.15) is 39.3 Å². The van der Waals surface area contributed by atoms with Crippen molar-refractivity contribution in [1.82, 2.24) is 9.78 Å². The van der Waals surface area contributed by atoms with E-state index in [2.05, 4.69) is 10.4 Å². The average molecular weight is 223 g/mol. The summed E-state index contributed by atoms with van der Waals surface area (Å²) in [6.45, 7) is 8.91. The van der Waals surface area contributed by atoms with Gasteiger partial charge >= 0.3 is 0 Å². The van der Waals surface area contributed by atoms with Crippen LogP contribution in [0.5, 0.6) is 0 Å². The number of rotatable bonds is 5. The molecule has 0 bridgehead atoms. The van der Waals surface area contributed by atoms with Crippen molar-refractivity contribution in [3.05, 3.63) is 11.9 Å². The van der Waals surface area contributed by atoms with Crippen LogP contribution >= 0.6 is 0 Å². The van der Waals surface area contributed by atoms with E-state index in [-0.39, 0.29) is 11.8 Å². The largest absolute Gasteiger partial charge is 0.323 e. The molecule has 0 fully saturated rings. The first-order chi connectivity index (χ1) is 7.63. The number of anilines is 1. The van der Waals surface area contributed by atoms with Gasteiger partial charge in [-0.15, -0.1) is 0 Å². The Bertz CT molecular complexity index is 353. The van der Waals surface area contributed by atoms with Crippen molar-refractivity contribution in [1.29, 1.82) is 0 Å². The van der Waals surface area contributed by atoms with Crippen LogP contribution in [-0.2, 0) is 11.3 Å². The fourth-order valence-corrected chi connectivity index (χ4v) is 1.78. The molecule has 4 heteroatoms. The number of aryl methyl sites for hydroxylation is 1. The smallest absolute Gasteiger partial charge is 0.227 e. The van der Waals surface area contributed by atoms with Gasteiger partial charge in [0.1, 0.15) is 0 Å². The molecule has 90 valence electrons. The topological polar surface area (TPSA) is 46.9 Å². The Balaban J connectivity index is 2.73. The van der Waals surface area contributed by atoms with Crippen molar-refractivity contribution in [2.24, 2.45) is 5.92 Å². The van der Waals surface area contributed by atoms with Crippen LogP contribution in [0.15, 0.2) is 6.20 Å². The summed E-state index contributed by atoms with van der Waals surface area (Å²) >= 11 is 0. The Kier molecular flexibility index (Phi) is 4.52. The zero-order valence-electron chi connectivity index (χ0n) is 10.6. The molecular weight excluding hydrogens is 202 g/mol. The number of nitrogens with one attached hydrogen (secondary N) is 1. The Morgan fingerprint density at radius 1 is 1.44 bits per heavy atom. The van der Waals surface area contributed by atoms with Crippen molar-refractivity contribution < 1.29 is 4.79 Å². The zero-order chi connectivity index (χ0) is 12.1. The standard InChI is InChI=1S/C12H21N3O/c1-5-10(6-2)12(16)14-11-8-13-15(7-3)9(11)4/h8,10H,5-7H2,1-4H3,(H,14,16). The molecule has 0 saturated heterocycles. The first-order valence-electron chi connectivity index (χ1n) is 5.97. The van der Waals surface area contributed by atoms with E-state index in [1.807, 2.05) is 32.4 Å². The van der Waals surface area contributed by atoms with Gasteiger partial charge in [-0.1, -0.05) is 13.8 Å². The third kappa shape index (κ3) is 2.62. The summed E-state index contributed by atoms with van der Waals surface area (Å²) in [5.74, 6) is 0.202. The summed E-state index contributed by atoms with van der Waals surface area (Å²) in [7, 11) is 0. The molecule has 1 N–H and O–H groups in total. The molecule has 0 aliphatic carbocycles. The highest BCUT2D eigenvalue weighted by Crippen LogP contribution is 2.16. The molecular formula is C12H21N3O. The van der Waals surface area contributed by atoms with Crippen molar-refractivity contribution in [2.45, 2.75) is 47.1 Å². The maximum absolute atomic E-state index is 11.9. The summed E-state index contributed by atoms with van der Waals surface area (Å²) in [5.41, 5.74) is 1.85. The minimum atomic E-state index is 0.101. The van der Waals surface area contributed by atoms with Gasteiger partial charge in [-0.05, 0) is 26.7 Å². The highest BCUT2D eigenvalue weighted by atomic mass is 16.1. The van der Waals surface area contributed by atoms with Crippen molar-refractivity contribution in [2.75, 3.05) is 5.32 Å². The lowest BCUT2D eigenvalue weighted by molar-refractivity contribution is -0.120. The molecule has 1 amide bonds. The lowest BCUT2D eigenvalue weighted by Crippen LogP contribution is -2.21. The molecule has 16 heavy (non-hydrogen) atoms. The number of carbonyl (C=O) groups excluding carboxylic acids is 1. The first kappa shape index (κ1) is 12.7. The summed E-state index contributed by atoms with van der Waals surface area (Å²) < 4.78 is 1.88. The van der Waals surface area contributed by atoms with Gasteiger partial charge in [0, 0.05) is 12.5 Å². The number of hydrogen-bond donors (Lipinski definition) is 1. The van der Waals surface area contributed by atoms with Gasteiger partial charge in [0.05, 0.1) is 17.6 Å². The van der Waals surface area contributed by atoms with E-state index in [0.29, 0.717) is 0 Å². The van der Waals surface area contributed by atoms with E-state index in [9.17, 15) is 4.79 Å². The van der Waals surface area contributed by atoms with E-state index in [0.717, 1.165) is 30.8 Å². The minimum Gasteiger partial charge on any atom is -0.323 e. The second-order valence-corrected chi connectivity index (χ2v) is 3.96. The fourth-order valence-electron chi connectivity index (χ4n) is 1.78. The molecule has 0 unspecified atom stereocenters. The molecule has 0 radical (unpaired) electrons. The van der Waals surface area contributed by atoms with Crippen LogP contribution in [0.2, 0.25) is 0 Å². The Morgan fingerprint density at radius 2 is 2.06 bits per heavy atom. The molecule has 1 rings (SSSR count). The van der Waals surface area contributed by atoms with Crippen LogP contribution in [0.4, 0.5) is 5.69 Å². The van der Waals surface area contributed by atoms with Gasteiger partial charge in [-0.3, -0.25) is 9.48 Å². The molecule has 0 saturated carbocycles. The second-order valence-electron chi connectivity index (χ2n) is 3.96. The third-order valence-corrected chi connectivity index (χ3v) is 3.02. The van der Waals surface area contributed by atoms with Crippen molar-refractivity contribution >= 4 is 11.6 Å². The maximum Gasteiger partial charge on any atom is 0.227 e. The Morgan fingerprint density at radius 3 is 2.50 bits per heavy atom. The van der Waals surface area contributed by atoms with E-state index < -0.39 is 0 Å². The molecule has 0 aliphatic rings. The molecule has 1 aromatic heterocycles. The van der Waals surface area contributed by atoms with Crippen LogP contribution in [-0.4, -0.2) is 15.7 Å². The summed E-state index contributed by atoms with van der Waals surface area (Å²) in [6, 6.07) is 0. The predicted molar refractivity (Wildman–Crippen MR) is 65.3 cm³/mol. The molecule has 1 heterocycles. The fraction of sp³-hybridized carbons (Fsp3) is 0.667. The van der Waals surface area contributed by atoms with Crippen LogP contribution in [0, 0.1) is 12.8 Å². The molecule has 0 aliphatic heterocycles. The lowest BCUT2D eigenvalue weighted by Gasteiger charge is -2.12. The minimum absolute atomic E-state index is 0.101. The lowest BCUT2D eigenvalue weighted by atomic mass is 10.0. The molecule has 0 spiro atoms. The number of amides is 1. The van der Waals surface area contributed by atoms with Crippen molar-refractivity contribution in [3.63, 3.8) is 0 Å². The summed E-state index contributed by atoms with van der Waals surface area (Å²) in [4.78, 5) is 11.9. The summed E-state index contributed by atoms with van der Waals surface area (Å²) in [6.07, 6.45) is 3.48. The monoisotopic (exact) mass is 223 g/mol. The quantitative estimate of drug-likeness (QED) is 0.834. The van der Waals surface area contributed by atoms with Crippen LogP contribution < -0.4 is 5.32 Å². The van der Waals surface area contributed by atoms with Crippen molar-refractivity contribution in [3.8, 4) is 0 Å². The van der Waals surface area contributed by atoms with Gasteiger partial charge in [0.15, 0.2) is 0 Å². The van der Waals surface area contributed by atoms with Gasteiger partial charge in [0.25, 0.3) is 0 Å². The second kappa shape index (κ2) is 5.68. The number of carbonyl (C=O) groups is 1.